The van der Waals surface area contributed by atoms with Crippen LogP contribution in [0.2, 0.25) is 0 Å². The minimum absolute atomic E-state index is 0.0137. The smallest absolute Gasteiger partial charge is 0.272 e. The molecule has 1 aliphatic rings. The number of anilines is 2. The Labute approximate surface area is 183 Å². The molecule has 1 aromatic carbocycles. The van der Waals surface area contributed by atoms with Gasteiger partial charge in [-0.25, -0.2) is 0 Å². The van der Waals surface area contributed by atoms with E-state index in [2.05, 4.69) is 38.9 Å². The first kappa shape index (κ1) is 20.8. The van der Waals surface area contributed by atoms with E-state index in [-0.39, 0.29) is 5.91 Å². The number of amides is 1. The first-order valence-corrected chi connectivity index (χ1v) is 10.8. The minimum atomic E-state index is 0.0137. The zero-order valence-electron chi connectivity index (χ0n) is 18.4. The standard InChI is InChI=1S/C23H29N7O/c1-4-28(5-2)21-11-12-22(25-24-21)29-13-15-30(16-14-29)23(31)20-17-19(26-27(20)3)18-9-7-6-8-10-18/h6-12,17H,4-5,13-16H2,1-3H3. The number of aromatic nitrogens is 4. The van der Waals surface area contributed by atoms with Crippen LogP contribution in [0.5, 0.6) is 0 Å². The molecule has 3 heterocycles. The van der Waals surface area contributed by atoms with Gasteiger partial charge in [0.05, 0.1) is 5.69 Å². The summed E-state index contributed by atoms with van der Waals surface area (Å²) in [5.74, 6) is 1.77. The van der Waals surface area contributed by atoms with Gasteiger partial charge in [0.15, 0.2) is 11.6 Å². The zero-order valence-corrected chi connectivity index (χ0v) is 18.4. The van der Waals surface area contributed by atoms with Crippen LogP contribution in [0.4, 0.5) is 11.6 Å². The summed E-state index contributed by atoms with van der Waals surface area (Å²) in [6, 6.07) is 15.8. The molecule has 1 saturated heterocycles. The van der Waals surface area contributed by atoms with Crippen LogP contribution < -0.4 is 9.80 Å². The van der Waals surface area contributed by atoms with E-state index in [1.807, 2.05) is 60.5 Å². The molecule has 1 aliphatic heterocycles. The lowest BCUT2D eigenvalue weighted by molar-refractivity contribution is 0.0735. The van der Waals surface area contributed by atoms with Crippen molar-refractivity contribution in [1.82, 2.24) is 24.9 Å². The average Bonchev–Trinajstić information content (AvgIpc) is 3.22. The van der Waals surface area contributed by atoms with E-state index >= 15 is 0 Å². The molecule has 4 rings (SSSR count). The third-order valence-electron chi connectivity index (χ3n) is 5.78. The molecule has 0 radical (unpaired) electrons. The van der Waals surface area contributed by atoms with Gasteiger partial charge in [0, 0.05) is 51.9 Å². The van der Waals surface area contributed by atoms with E-state index in [4.69, 9.17) is 0 Å². The van der Waals surface area contributed by atoms with Gasteiger partial charge in [0.2, 0.25) is 0 Å². The largest absolute Gasteiger partial charge is 0.356 e. The average molecular weight is 420 g/mol. The Morgan fingerprint density at radius 1 is 0.968 bits per heavy atom. The Bertz CT molecular complexity index is 1000. The summed E-state index contributed by atoms with van der Waals surface area (Å²) in [7, 11) is 1.82. The normalized spacial score (nSPS) is 14.0. The molecular weight excluding hydrogens is 390 g/mol. The summed E-state index contributed by atoms with van der Waals surface area (Å²) >= 11 is 0. The highest BCUT2D eigenvalue weighted by molar-refractivity contribution is 5.94. The topological polar surface area (TPSA) is 70.4 Å². The number of rotatable bonds is 6. The van der Waals surface area contributed by atoms with Gasteiger partial charge < -0.3 is 14.7 Å². The molecule has 162 valence electrons. The molecule has 0 saturated carbocycles. The molecule has 0 unspecified atom stereocenters. The lowest BCUT2D eigenvalue weighted by Crippen LogP contribution is -2.49. The number of aryl methyl sites for hydroxylation is 1. The molecule has 31 heavy (non-hydrogen) atoms. The van der Waals surface area contributed by atoms with Crippen molar-refractivity contribution in [3.8, 4) is 11.3 Å². The third kappa shape index (κ3) is 4.38. The predicted molar refractivity (Wildman–Crippen MR) is 122 cm³/mol. The minimum Gasteiger partial charge on any atom is -0.356 e. The molecule has 8 heteroatoms. The van der Waals surface area contributed by atoms with Gasteiger partial charge in [0.1, 0.15) is 5.69 Å². The molecule has 1 fully saturated rings. The molecule has 1 amide bonds. The van der Waals surface area contributed by atoms with E-state index in [1.54, 1.807) is 4.68 Å². The van der Waals surface area contributed by atoms with Gasteiger partial charge in [-0.15, -0.1) is 10.2 Å². The SMILES string of the molecule is CCN(CC)c1ccc(N2CCN(C(=O)c3cc(-c4ccccc4)nn3C)CC2)nn1. The van der Waals surface area contributed by atoms with Crippen molar-refractivity contribution in [3.63, 3.8) is 0 Å². The molecule has 8 nitrogen and oxygen atoms in total. The Kier molecular flexibility index (Phi) is 6.16. The van der Waals surface area contributed by atoms with Gasteiger partial charge in [-0.3, -0.25) is 9.48 Å². The Morgan fingerprint density at radius 2 is 1.68 bits per heavy atom. The van der Waals surface area contributed by atoms with Crippen LogP contribution in [0.25, 0.3) is 11.3 Å². The summed E-state index contributed by atoms with van der Waals surface area (Å²) in [5.41, 5.74) is 2.43. The van der Waals surface area contributed by atoms with Gasteiger partial charge in [-0.2, -0.15) is 5.10 Å². The quantitative estimate of drug-likeness (QED) is 0.612. The van der Waals surface area contributed by atoms with Crippen molar-refractivity contribution in [3.05, 3.63) is 54.2 Å². The molecule has 2 aromatic heterocycles. The van der Waals surface area contributed by atoms with Crippen molar-refractivity contribution in [2.45, 2.75) is 13.8 Å². The fraction of sp³-hybridized carbons (Fsp3) is 0.391. The van der Waals surface area contributed by atoms with Crippen LogP contribution in [0, 0.1) is 0 Å². The highest BCUT2D eigenvalue weighted by atomic mass is 16.2. The highest BCUT2D eigenvalue weighted by Crippen LogP contribution is 2.21. The molecule has 0 bridgehead atoms. The summed E-state index contributed by atoms with van der Waals surface area (Å²) in [6.45, 7) is 8.79. The monoisotopic (exact) mass is 419 g/mol. The molecule has 0 aliphatic carbocycles. The second-order valence-corrected chi connectivity index (χ2v) is 7.61. The van der Waals surface area contributed by atoms with Crippen molar-refractivity contribution in [1.29, 1.82) is 0 Å². The maximum absolute atomic E-state index is 13.1. The lowest BCUT2D eigenvalue weighted by atomic mass is 10.1. The maximum Gasteiger partial charge on any atom is 0.272 e. The first-order chi connectivity index (χ1) is 15.1. The summed E-state index contributed by atoms with van der Waals surface area (Å²) in [6.07, 6.45) is 0. The van der Waals surface area contributed by atoms with Crippen LogP contribution in [0.3, 0.4) is 0 Å². The number of carbonyl (C=O) groups excluding carboxylic acids is 1. The Balaban J connectivity index is 1.40. The first-order valence-electron chi connectivity index (χ1n) is 10.8. The fourth-order valence-corrected chi connectivity index (χ4v) is 3.92. The van der Waals surface area contributed by atoms with Crippen molar-refractivity contribution in [2.75, 3.05) is 49.1 Å². The summed E-state index contributed by atoms with van der Waals surface area (Å²) < 4.78 is 1.68. The number of hydrogen-bond acceptors (Lipinski definition) is 6. The van der Waals surface area contributed by atoms with Crippen LogP contribution in [0.1, 0.15) is 24.3 Å². The van der Waals surface area contributed by atoms with Crippen LogP contribution in [-0.2, 0) is 7.05 Å². The molecular formula is C23H29N7O. The van der Waals surface area contributed by atoms with Crippen molar-refractivity contribution in [2.24, 2.45) is 7.05 Å². The van der Waals surface area contributed by atoms with Crippen LogP contribution in [0.15, 0.2) is 48.5 Å². The summed E-state index contributed by atoms with van der Waals surface area (Å²) in [5, 5.41) is 13.3. The van der Waals surface area contributed by atoms with Gasteiger partial charge in [0.25, 0.3) is 5.91 Å². The lowest BCUT2D eigenvalue weighted by Gasteiger charge is -2.35. The van der Waals surface area contributed by atoms with E-state index in [0.717, 1.165) is 49.1 Å². The second kappa shape index (κ2) is 9.16. The number of hydrogen-bond donors (Lipinski definition) is 0. The number of nitrogens with zero attached hydrogens (tertiary/aromatic N) is 7. The maximum atomic E-state index is 13.1. The van der Waals surface area contributed by atoms with Crippen LogP contribution >= 0.6 is 0 Å². The fourth-order valence-electron chi connectivity index (χ4n) is 3.92. The number of benzene rings is 1. The highest BCUT2D eigenvalue weighted by Gasteiger charge is 2.25. The molecule has 0 spiro atoms. The second-order valence-electron chi connectivity index (χ2n) is 7.61. The predicted octanol–water partition coefficient (Wildman–Crippen LogP) is 2.69. The van der Waals surface area contributed by atoms with Gasteiger partial charge in [-0.05, 0) is 32.0 Å². The number of carbonyl (C=O) groups is 1. The van der Waals surface area contributed by atoms with E-state index in [9.17, 15) is 4.79 Å². The van der Waals surface area contributed by atoms with E-state index in [1.165, 1.54) is 0 Å². The number of piperazine rings is 1. The van der Waals surface area contributed by atoms with Gasteiger partial charge in [-0.1, -0.05) is 30.3 Å². The van der Waals surface area contributed by atoms with Gasteiger partial charge >= 0.3 is 0 Å². The van der Waals surface area contributed by atoms with Crippen LogP contribution in [-0.4, -0.2) is 70.1 Å². The summed E-state index contributed by atoms with van der Waals surface area (Å²) in [4.78, 5) is 19.3. The Morgan fingerprint density at radius 3 is 2.29 bits per heavy atom. The van der Waals surface area contributed by atoms with E-state index in [0.29, 0.717) is 18.8 Å². The molecule has 0 atom stereocenters. The van der Waals surface area contributed by atoms with E-state index < -0.39 is 0 Å². The Hall–Kier alpha value is -3.42. The zero-order chi connectivity index (χ0) is 21.8. The molecule has 3 aromatic rings. The molecule has 0 N–H and O–H groups in total. The van der Waals surface area contributed by atoms with Crippen molar-refractivity contribution < 1.29 is 4.79 Å². The van der Waals surface area contributed by atoms with Crippen molar-refractivity contribution >= 4 is 17.5 Å². The third-order valence-corrected chi connectivity index (χ3v) is 5.78.